The normalized spacial score (nSPS) is 14.5. The van der Waals surface area contributed by atoms with Gasteiger partial charge in [-0.1, -0.05) is 6.07 Å². The zero-order valence-corrected chi connectivity index (χ0v) is 15.5. The molecule has 1 aromatic rings. The summed E-state index contributed by atoms with van der Waals surface area (Å²) >= 11 is 5.62. The average molecular weight is 481 g/mol. The van der Waals surface area contributed by atoms with Gasteiger partial charge in [0.15, 0.2) is 0 Å². The second-order valence-electron chi connectivity index (χ2n) is 4.52. The van der Waals surface area contributed by atoms with E-state index in [9.17, 15) is 9.59 Å². The number of β-amino-alcohol motifs (C(OH)–C–C–N with tert-alkyl or cyclic N) is 1. The molecule has 22 heavy (non-hydrogen) atoms. The van der Waals surface area contributed by atoms with Gasteiger partial charge in [-0.2, -0.15) is 0 Å². The maximum absolute atomic E-state index is 12.4. The highest BCUT2D eigenvalue weighted by Crippen LogP contribution is 2.30. The van der Waals surface area contributed by atoms with E-state index in [0.717, 1.165) is 8.04 Å². The number of carbonyl (C=O) groups excluding carboxylic acids is 2. The van der Waals surface area contributed by atoms with Crippen LogP contribution in [0.25, 0.3) is 0 Å². The molecular formula is C14H14BrIN2O4. The van der Waals surface area contributed by atoms with Gasteiger partial charge >= 0.3 is 5.97 Å². The Bertz CT molecular complexity index is 648. The number of benzene rings is 1. The van der Waals surface area contributed by atoms with E-state index >= 15 is 0 Å². The molecule has 1 aliphatic heterocycles. The number of anilines is 1. The van der Waals surface area contributed by atoms with E-state index in [2.05, 4.69) is 43.8 Å². The Hall–Kier alpha value is -1.13. The molecule has 1 aromatic carbocycles. The van der Waals surface area contributed by atoms with Crippen molar-refractivity contribution in [3.8, 4) is 0 Å². The van der Waals surface area contributed by atoms with Gasteiger partial charge < -0.3 is 20.1 Å². The minimum Gasteiger partial charge on any atom is -0.466 e. The lowest BCUT2D eigenvalue weighted by atomic mass is 10.2. The summed E-state index contributed by atoms with van der Waals surface area (Å²) in [6.45, 7) is 0.119. The first-order chi connectivity index (χ1) is 10.5. The molecule has 1 aliphatic rings. The fraction of sp³-hybridized carbons (Fsp3) is 0.286. The van der Waals surface area contributed by atoms with Crippen LogP contribution < -0.4 is 5.32 Å². The van der Waals surface area contributed by atoms with Gasteiger partial charge in [-0.25, -0.2) is 4.79 Å². The quantitative estimate of drug-likeness (QED) is 0.495. The molecule has 0 fully saturated rings. The molecule has 0 aromatic heterocycles. The van der Waals surface area contributed by atoms with E-state index in [0.29, 0.717) is 5.69 Å². The Morgan fingerprint density at radius 3 is 2.91 bits per heavy atom. The number of carbonyl (C=O) groups is 2. The minimum atomic E-state index is -0.557. The standard InChI is InChI=1S/C14H14BrIN2O4/c1-22-14(21)8-7-18(5-6-19)13(20)12(8)17-10-4-2-3-9(16)11(10)15/h2-4,17,19H,5-7H2,1H3. The summed E-state index contributed by atoms with van der Waals surface area (Å²) < 4.78 is 6.52. The summed E-state index contributed by atoms with van der Waals surface area (Å²) in [5.74, 6) is -0.891. The van der Waals surface area contributed by atoms with Gasteiger partial charge in [-0.05, 0) is 50.7 Å². The Kier molecular flexibility index (Phi) is 5.81. The SMILES string of the molecule is COC(=O)C1=C(Nc2cccc(I)c2Br)C(=O)N(CCO)C1. The first-order valence-corrected chi connectivity index (χ1v) is 8.29. The van der Waals surface area contributed by atoms with Crippen LogP contribution >= 0.6 is 38.5 Å². The highest BCUT2D eigenvalue weighted by molar-refractivity contribution is 14.1. The number of methoxy groups -OCH3 is 1. The average Bonchev–Trinajstić information content (AvgIpc) is 2.81. The molecule has 0 aliphatic carbocycles. The number of nitrogens with one attached hydrogen (secondary N) is 1. The summed E-state index contributed by atoms with van der Waals surface area (Å²) in [7, 11) is 1.27. The molecule has 0 unspecified atom stereocenters. The maximum Gasteiger partial charge on any atom is 0.337 e. The van der Waals surface area contributed by atoms with Crippen LogP contribution in [0.2, 0.25) is 0 Å². The summed E-state index contributed by atoms with van der Waals surface area (Å²) in [5, 5.41) is 12.0. The van der Waals surface area contributed by atoms with Crippen molar-refractivity contribution in [2.75, 3.05) is 32.1 Å². The van der Waals surface area contributed by atoms with E-state index in [1.165, 1.54) is 12.0 Å². The van der Waals surface area contributed by atoms with Crippen LogP contribution in [0, 0.1) is 3.57 Å². The van der Waals surface area contributed by atoms with Gasteiger partial charge in [-0.15, -0.1) is 0 Å². The number of rotatable bonds is 5. The van der Waals surface area contributed by atoms with Crippen molar-refractivity contribution in [3.05, 3.63) is 37.5 Å². The Morgan fingerprint density at radius 2 is 2.27 bits per heavy atom. The third kappa shape index (κ3) is 3.44. The lowest BCUT2D eigenvalue weighted by Gasteiger charge is -2.15. The second-order valence-corrected chi connectivity index (χ2v) is 6.48. The maximum atomic E-state index is 12.4. The van der Waals surface area contributed by atoms with Gasteiger partial charge in [0.05, 0.1) is 36.0 Å². The number of aliphatic hydroxyl groups excluding tert-OH is 1. The van der Waals surface area contributed by atoms with Crippen molar-refractivity contribution >= 4 is 56.1 Å². The van der Waals surface area contributed by atoms with Crippen molar-refractivity contribution in [1.29, 1.82) is 0 Å². The van der Waals surface area contributed by atoms with Crippen molar-refractivity contribution in [3.63, 3.8) is 0 Å². The summed E-state index contributed by atoms with van der Waals surface area (Å²) in [4.78, 5) is 25.7. The molecule has 2 rings (SSSR count). The number of hydrogen-bond acceptors (Lipinski definition) is 5. The van der Waals surface area contributed by atoms with Gasteiger partial charge in [0, 0.05) is 10.1 Å². The largest absolute Gasteiger partial charge is 0.466 e. The van der Waals surface area contributed by atoms with E-state index < -0.39 is 5.97 Å². The molecule has 1 heterocycles. The van der Waals surface area contributed by atoms with Crippen LogP contribution in [0.15, 0.2) is 33.9 Å². The fourth-order valence-electron chi connectivity index (χ4n) is 2.08. The van der Waals surface area contributed by atoms with Crippen LogP contribution in [-0.4, -0.2) is 48.7 Å². The topological polar surface area (TPSA) is 78.9 Å². The molecule has 1 amide bonds. The molecule has 0 saturated heterocycles. The Balaban J connectivity index is 2.37. The number of amides is 1. The lowest BCUT2D eigenvalue weighted by Crippen LogP contribution is -2.31. The van der Waals surface area contributed by atoms with E-state index in [1.54, 1.807) is 6.07 Å². The molecule has 0 radical (unpaired) electrons. The lowest BCUT2D eigenvalue weighted by molar-refractivity contribution is -0.136. The predicted octanol–water partition coefficient (Wildman–Crippen LogP) is 1.73. The van der Waals surface area contributed by atoms with E-state index in [1.807, 2.05) is 12.1 Å². The first kappa shape index (κ1) is 17.2. The van der Waals surface area contributed by atoms with Crippen LogP contribution in [0.1, 0.15) is 0 Å². The molecule has 0 bridgehead atoms. The van der Waals surface area contributed by atoms with E-state index in [-0.39, 0.29) is 36.9 Å². The molecule has 2 N–H and O–H groups in total. The Morgan fingerprint density at radius 1 is 1.55 bits per heavy atom. The number of esters is 1. The van der Waals surface area contributed by atoms with Crippen molar-refractivity contribution in [2.45, 2.75) is 0 Å². The van der Waals surface area contributed by atoms with Crippen molar-refractivity contribution < 1.29 is 19.4 Å². The summed E-state index contributed by atoms with van der Waals surface area (Å²) in [6.07, 6.45) is 0. The zero-order valence-electron chi connectivity index (χ0n) is 11.7. The number of aliphatic hydroxyl groups is 1. The molecule has 118 valence electrons. The summed E-state index contributed by atoms with van der Waals surface area (Å²) in [6, 6.07) is 5.56. The second kappa shape index (κ2) is 7.42. The smallest absolute Gasteiger partial charge is 0.337 e. The number of ether oxygens (including phenoxy) is 1. The van der Waals surface area contributed by atoms with Crippen molar-refractivity contribution in [2.24, 2.45) is 0 Å². The first-order valence-electron chi connectivity index (χ1n) is 6.42. The molecular weight excluding hydrogens is 467 g/mol. The highest BCUT2D eigenvalue weighted by atomic mass is 127. The molecule has 6 nitrogen and oxygen atoms in total. The third-order valence-corrected chi connectivity index (χ3v) is 5.66. The molecule has 0 atom stereocenters. The Labute approximate surface area is 149 Å². The van der Waals surface area contributed by atoms with Crippen LogP contribution in [0.4, 0.5) is 5.69 Å². The molecule has 0 spiro atoms. The van der Waals surface area contributed by atoms with E-state index in [4.69, 9.17) is 9.84 Å². The fourth-order valence-corrected chi connectivity index (χ4v) is 2.95. The monoisotopic (exact) mass is 480 g/mol. The van der Waals surface area contributed by atoms with Gasteiger partial charge in [-0.3, -0.25) is 4.79 Å². The highest BCUT2D eigenvalue weighted by Gasteiger charge is 2.34. The minimum absolute atomic E-state index is 0.121. The number of hydrogen-bond donors (Lipinski definition) is 2. The summed E-state index contributed by atoms with van der Waals surface area (Å²) in [5.41, 5.74) is 1.12. The number of nitrogens with zero attached hydrogens (tertiary/aromatic N) is 1. The van der Waals surface area contributed by atoms with Gasteiger partial charge in [0.25, 0.3) is 5.91 Å². The van der Waals surface area contributed by atoms with Crippen LogP contribution in [0.3, 0.4) is 0 Å². The van der Waals surface area contributed by atoms with Crippen molar-refractivity contribution in [1.82, 2.24) is 4.90 Å². The predicted molar refractivity (Wildman–Crippen MR) is 93.2 cm³/mol. The molecule has 0 saturated carbocycles. The number of halogens is 2. The molecule has 8 heteroatoms. The van der Waals surface area contributed by atoms with Crippen LogP contribution in [0.5, 0.6) is 0 Å². The van der Waals surface area contributed by atoms with Gasteiger partial charge in [0.1, 0.15) is 5.70 Å². The zero-order chi connectivity index (χ0) is 16.3. The third-order valence-electron chi connectivity index (χ3n) is 3.16. The van der Waals surface area contributed by atoms with Crippen LogP contribution in [-0.2, 0) is 14.3 Å². The van der Waals surface area contributed by atoms with Gasteiger partial charge in [0.2, 0.25) is 0 Å².